The van der Waals surface area contributed by atoms with Crippen LogP contribution >= 0.6 is 23.2 Å². The van der Waals surface area contributed by atoms with Gasteiger partial charge in [0.1, 0.15) is 23.1 Å². The SMILES string of the molecule is Fc1cc(Cl)ccc1COc1nc(Cl)cc2cn[nH]c12. The van der Waals surface area contributed by atoms with E-state index in [1.165, 1.54) is 6.07 Å². The van der Waals surface area contributed by atoms with Crippen molar-refractivity contribution in [2.45, 2.75) is 6.61 Å². The fraction of sp³-hybridized carbons (Fsp3) is 0.0769. The highest BCUT2D eigenvalue weighted by atomic mass is 35.5. The highest BCUT2D eigenvalue weighted by Gasteiger charge is 2.10. The lowest BCUT2D eigenvalue weighted by Crippen LogP contribution is -2.00. The monoisotopic (exact) mass is 311 g/mol. The fourth-order valence-electron chi connectivity index (χ4n) is 1.78. The number of pyridine rings is 1. The van der Waals surface area contributed by atoms with E-state index >= 15 is 0 Å². The van der Waals surface area contributed by atoms with Crippen molar-refractivity contribution in [3.05, 3.63) is 52.0 Å². The van der Waals surface area contributed by atoms with Gasteiger partial charge in [-0.05, 0) is 18.2 Å². The maximum atomic E-state index is 13.7. The van der Waals surface area contributed by atoms with E-state index in [0.29, 0.717) is 16.1 Å². The molecule has 3 aromatic rings. The minimum Gasteiger partial charge on any atom is -0.471 e. The second kappa shape index (κ2) is 5.26. The molecule has 0 fully saturated rings. The molecule has 1 N–H and O–H groups in total. The molecule has 0 unspecified atom stereocenters. The van der Waals surface area contributed by atoms with Crippen LogP contribution < -0.4 is 4.74 Å². The smallest absolute Gasteiger partial charge is 0.241 e. The predicted molar refractivity (Wildman–Crippen MR) is 74.6 cm³/mol. The summed E-state index contributed by atoms with van der Waals surface area (Å²) in [5.41, 5.74) is 0.993. The summed E-state index contributed by atoms with van der Waals surface area (Å²) in [5, 5.41) is 8.05. The Bertz CT molecular complexity index is 775. The maximum absolute atomic E-state index is 13.7. The van der Waals surface area contributed by atoms with Crippen molar-refractivity contribution in [3.63, 3.8) is 0 Å². The molecule has 0 aliphatic heterocycles. The van der Waals surface area contributed by atoms with Crippen LogP contribution in [-0.2, 0) is 6.61 Å². The Morgan fingerprint density at radius 2 is 2.10 bits per heavy atom. The molecule has 0 radical (unpaired) electrons. The number of aromatic amines is 1. The minimum absolute atomic E-state index is 0.0183. The molecule has 1 aromatic carbocycles. The van der Waals surface area contributed by atoms with Crippen molar-refractivity contribution in [2.75, 3.05) is 0 Å². The van der Waals surface area contributed by atoms with Crippen LogP contribution in [0.5, 0.6) is 5.88 Å². The number of aromatic nitrogens is 3. The first-order chi connectivity index (χ1) is 9.63. The van der Waals surface area contributed by atoms with Gasteiger partial charge in [0.05, 0.1) is 6.20 Å². The Morgan fingerprint density at radius 3 is 2.90 bits per heavy atom. The Hall–Kier alpha value is -1.85. The number of benzene rings is 1. The molecule has 0 aliphatic carbocycles. The van der Waals surface area contributed by atoms with Gasteiger partial charge in [0.25, 0.3) is 0 Å². The van der Waals surface area contributed by atoms with Crippen LogP contribution in [0.25, 0.3) is 10.9 Å². The van der Waals surface area contributed by atoms with Gasteiger partial charge in [0, 0.05) is 16.0 Å². The summed E-state index contributed by atoms with van der Waals surface area (Å²) >= 11 is 11.6. The van der Waals surface area contributed by atoms with Gasteiger partial charge in [-0.25, -0.2) is 4.39 Å². The van der Waals surface area contributed by atoms with Gasteiger partial charge >= 0.3 is 0 Å². The van der Waals surface area contributed by atoms with Gasteiger partial charge in [-0.2, -0.15) is 10.1 Å². The third-order valence-corrected chi connectivity index (χ3v) is 3.17. The molecule has 2 heterocycles. The van der Waals surface area contributed by atoms with Gasteiger partial charge in [0.2, 0.25) is 5.88 Å². The molecule has 0 aliphatic rings. The maximum Gasteiger partial charge on any atom is 0.241 e. The van der Waals surface area contributed by atoms with Gasteiger partial charge in [-0.15, -0.1) is 0 Å². The lowest BCUT2D eigenvalue weighted by molar-refractivity contribution is 0.291. The summed E-state index contributed by atoms with van der Waals surface area (Å²) in [6.45, 7) is 0.0183. The summed E-state index contributed by atoms with van der Waals surface area (Å²) in [5.74, 6) is -0.153. The zero-order valence-corrected chi connectivity index (χ0v) is 11.5. The van der Waals surface area contributed by atoms with E-state index in [0.717, 1.165) is 5.39 Å². The fourth-order valence-corrected chi connectivity index (χ4v) is 2.13. The second-order valence-corrected chi connectivity index (χ2v) is 4.93. The molecule has 0 bridgehead atoms. The van der Waals surface area contributed by atoms with E-state index in [2.05, 4.69) is 15.2 Å². The summed E-state index contributed by atoms with van der Waals surface area (Å²) in [7, 11) is 0. The topological polar surface area (TPSA) is 50.8 Å². The molecule has 0 saturated carbocycles. The van der Waals surface area contributed by atoms with Crippen molar-refractivity contribution in [2.24, 2.45) is 0 Å². The van der Waals surface area contributed by atoms with Crippen LogP contribution in [0.2, 0.25) is 10.2 Å². The Morgan fingerprint density at radius 1 is 1.25 bits per heavy atom. The number of nitrogens with zero attached hydrogens (tertiary/aromatic N) is 2. The average molecular weight is 312 g/mol. The van der Waals surface area contributed by atoms with Crippen molar-refractivity contribution in [1.29, 1.82) is 0 Å². The van der Waals surface area contributed by atoms with Gasteiger partial charge in [-0.3, -0.25) is 5.10 Å². The lowest BCUT2D eigenvalue weighted by Gasteiger charge is -2.07. The van der Waals surface area contributed by atoms with Crippen LogP contribution in [0.4, 0.5) is 4.39 Å². The molecule has 3 rings (SSSR count). The highest BCUT2D eigenvalue weighted by Crippen LogP contribution is 2.25. The van der Waals surface area contributed by atoms with Crippen LogP contribution in [0, 0.1) is 5.82 Å². The van der Waals surface area contributed by atoms with E-state index in [1.807, 2.05) is 0 Å². The highest BCUT2D eigenvalue weighted by molar-refractivity contribution is 6.30. The average Bonchev–Trinajstić information content (AvgIpc) is 2.85. The number of rotatable bonds is 3. The number of halogens is 3. The van der Waals surface area contributed by atoms with Crippen LogP contribution in [0.15, 0.2) is 30.5 Å². The molecule has 4 nitrogen and oxygen atoms in total. The Balaban J connectivity index is 1.88. The van der Waals surface area contributed by atoms with Crippen molar-refractivity contribution >= 4 is 34.1 Å². The molecule has 0 spiro atoms. The summed E-state index contributed by atoms with van der Waals surface area (Å²) in [4.78, 5) is 4.06. The molecule has 0 amide bonds. The van der Waals surface area contributed by atoms with E-state index in [9.17, 15) is 4.39 Å². The zero-order chi connectivity index (χ0) is 14.1. The minimum atomic E-state index is -0.430. The van der Waals surface area contributed by atoms with Crippen molar-refractivity contribution in [1.82, 2.24) is 15.2 Å². The van der Waals surface area contributed by atoms with E-state index in [4.69, 9.17) is 27.9 Å². The first-order valence-corrected chi connectivity index (χ1v) is 6.45. The lowest BCUT2D eigenvalue weighted by atomic mass is 10.2. The number of ether oxygens (including phenoxy) is 1. The van der Waals surface area contributed by atoms with E-state index in [-0.39, 0.29) is 17.6 Å². The van der Waals surface area contributed by atoms with Gasteiger partial charge in [-0.1, -0.05) is 29.3 Å². The van der Waals surface area contributed by atoms with E-state index in [1.54, 1.807) is 24.4 Å². The molecular formula is C13H8Cl2FN3O. The first-order valence-electron chi connectivity index (χ1n) is 5.70. The number of nitrogens with one attached hydrogen (secondary N) is 1. The third kappa shape index (κ3) is 2.55. The summed E-state index contributed by atoms with van der Waals surface area (Å²) < 4.78 is 19.2. The predicted octanol–water partition coefficient (Wildman–Crippen LogP) is 3.98. The molecular weight excluding hydrogens is 304 g/mol. The molecule has 7 heteroatoms. The Kier molecular flexibility index (Phi) is 3.46. The number of H-pyrrole nitrogens is 1. The van der Waals surface area contributed by atoms with Crippen LogP contribution in [0.3, 0.4) is 0 Å². The Labute approximate surface area is 123 Å². The number of hydrogen-bond acceptors (Lipinski definition) is 3. The number of hydrogen-bond donors (Lipinski definition) is 1. The molecule has 102 valence electrons. The van der Waals surface area contributed by atoms with Gasteiger partial charge < -0.3 is 4.74 Å². The third-order valence-electron chi connectivity index (χ3n) is 2.74. The molecule has 0 saturated heterocycles. The van der Waals surface area contributed by atoms with E-state index < -0.39 is 5.82 Å². The first kappa shape index (κ1) is 13.1. The van der Waals surface area contributed by atoms with Crippen molar-refractivity contribution in [3.8, 4) is 5.88 Å². The normalized spacial score (nSPS) is 10.9. The van der Waals surface area contributed by atoms with Crippen LogP contribution in [0.1, 0.15) is 5.56 Å². The molecule has 20 heavy (non-hydrogen) atoms. The van der Waals surface area contributed by atoms with Crippen LogP contribution in [-0.4, -0.2) is 15.2 Å². The second-order valence-electron chi connectivity index (χ2n) is 4.11. The standard InChI is InChI=1S/C13H8Cl2FN3O/c14-9-2-1-7(10(16)4-9)6-20-13-12-8(5-17-19-12)3-11(15)18-13/h1-5H,6H2,(H,17,19). The summed E-state index contributed by atoms with van der Waals surface area (Å²) in [6.07, 6.45) is 1.61. The van der Waals surface area contributed by atoms with Gasteiger partial charge in [0.15, 0.2) is 0 Å². The zero-order valence-electron chi connectivity index (χ0n) is 10.0. The largest absolute Gasteiger partial charge is 0.471 e. The molecule has 0 atom stereocenters. The summed E-state index contributed by atoms with van der Waals surface area (Å²) in [6, 6.07) is 6.06. The number of fused-ring (bicyclic) bond motifs is 1. The molecule has 2 aromatic heterocycles. The quantitative estimate of drug-likeness (QED) is 0.744. The van der Waals surface area contributed by atoms with Crippen molar-refractivity contribution < 1.29 is 9.13 Å².